The van der Waals surface area contributed by atoms with E-state index in [1.54, 1.807) is 0 Å². The lowest BCUT2D eigenvalue weighted by molar-refractivity contribution is -0.00455. The molecule has 1 unspecified atom stereocenters. The highest BCUT2D eigenvalue weighted by Gasteiger charge is 2.11. The minimum Gasteiger partial charge on any atom is -0.357 e. The number of nitrogens with one attached hydrogen (secondary N) is 1. The third-order valence-electron chi connectivity index (χ3n) is 2.09. The van der Waals surface area contributed by atoms with Crippen LogP contribution in [0.2, 0.25) is 0 Å². The second kappa shape index (κ2) is 5.14. The average molecular weight is 170 g/mol. The smallest absolute Gasteiger partial charge is 0.142 e. The molecule has 3 heteroatoms. The third-order valence-corrected chi connectivity index (χ3v) is 2.09. The molecule has 0 saturated carbocycles. The Hall–Kier alpha value is -0.570. The van der Waals surface area contributed by atoms with Crippen molar-refractivity contribution in [3.8, 4) is 0 Å². The minimum absolute atomic E-state index is 0.153. The molecule has 0 radical (unpaired) electrons. The Labute approximate surface area is 74.2 Å². The Morgan fingerprint density at radius 2 is 2.42 bits per heavy atom. The highest BCUT2D eigenvalue weighted by Crippen LogP contribution is 2.09. The molecule has 3 nitrogen and oxygen atoms in total. The first-order chi connectivity index (χ1) is 5.83. The molecule has 1 saturated heterocycles. The van der Waals surface area contributed by atoms with Gasteiger partial charge in [0.1, 0.15) is 6.23 Å². The fraction of sp³-hybridized carbons (Fsp3) is 0.889. The van der Waals surface area contributed by atoms with Crippen molar-refractivity contribution in [2.75, 3.05) is 6.61 Å². The Kier molecular flexibility index (Phi) is 4.08. The van der Waals surface area contributed by atoms with Gasteiger partial charge in [-0.2, -0.15) is 5.10 Å². The van der Waals surface area contributed by atoms with Crippen molar-refractivity contribution >= 4 is 5.71 Å². The Morgan fingerprint density at radius 1 is 1.58 bits per heavy atom. The van der Waals surface area contributed by atoms with Crippen molar-refractivity contribution in [3.63, 3.8) is 0 Å². The van der Waals surface area contributed by atoms with E-state index >= 15 is 0 Å². The number of hydrogen-bond acceptors (Lipinski definition) is 3. The van der Waals surface area contributed by atoms with Crippen molar-refractivity contribution in [3.05, 3.63) is 0 Å². The summed E-state index contributed by atoms with van der Waals surface area (Å²) in [5, 5.41) is 4.21. The van der Waals surface area contributed by atoms with Crippen LogP contribution >= 0.6 is 0 Å². The van der Waals surface area contributed by atoms with E-state index in [1.807, 2.05) is 6.92 Å². The van der Waals surface area contributed by atoms with Gasteiger partial charge in [-0.3, -0.25) is 5.43 Å². The van der Waals surface area contributed by atoms with Gasteiger partial charge in [0, 0.05) is 12.3 Å². The van der Waals surface area contributed by atoms with Crippen molar-refractivity contribution < 1.29 is 4.74 Å². The average Bonchev–Trinajstić information content (AvgIpc) is 2.16. The van der Waals surface area contributed by atoms with Gasteiger partial charge in [0.05, 0.1) is 0 Å². The van der Waals surface area contributed by atoms with Crippen LogP contribution in [0.1, 0.15) is 39.5 Å². The standard InChI is InChI=1S/C9H18N2O/c1-3-8(2)10-11-9-6-4-5-7-12-9/h9,11H,3-7H2,1-2H3/b10-8+. The van der Waals surface area contributed by atoms with Gasteiger partial charge in [-0.1, -0.05) is 6.92 Å². The van der Waals surface area contributed by atoms with Crippen LogP contribution in [0, 0.1) is 0 Å². The number of ether oxygens (including phenoxy) is 1. The first-order valence-corrected chi connectivity index (χ1v) is 4.73. The summed E-state index contributed by atoms with van der Waals surface area (Å²) in [6.45, 7) is 5.00. The zero-order valence-corrected chi connectivity index (χ0v) is 7.97. The summed E-state index contributed by atoms with van der Waals surface area (Å²) < 4.78 is 5.45. The maximum Gasteiger partial charge on any atom is 0.142 e. The summed E-state index contributed by atoms with van der Waals surface area (Å²) in [4.78, 5) is 0. The first-order valence-electron chi connectivity index (χ1n) is 4.73. The van der Waals surface area contributed by atoms with Gasteiger partial charge in [-0.15, -0.1) is 0 Å². The van der Waals surface area contributed by atoms with Crippen LogP contribution in [0.4, 0.5) is 0 Å². The first kappa shape index (κ1) is 9.52. The van der Waals surface area contributed by atoms with Crippen LogP contribution in [0.25, 0.3) is 0 Å². The molecule has 1 heterocycles. The Bertz CT molecular complexity index is 151. The molecular weight excluding hydrogens is 152 g/mol. The van der Waals surface area contributed by atoms with Crippen molar-refractivity contribution in [1.82, 2.24) is 5.43 Å². The van der Waals surface area contributed by atoms with Gasteiger partial charge in [-0.05, 0) is 32.6 Å². The summed E-state index contributed by atoms with van der Waals surface area (Å²) in [6.07, 6.45) is 4.67. The van der Waals surface area contributed by atoms with E-state index in [0.717, 1.165) is 25.2 Å². The topological polar surface area (TPSA) is 33.6 Å². The molecule has 0 bridgehead atoms. The molecule has 1 atom stereocenters. The molecule has 0 aliphatic carbocycles. The predicted molar refractivity (Wildman–Crippen MR) is 50.1 cm³/mol. The van der Waals surface area contributed by atoms with Crippen LogP contribution < -0.4 is 5.43 Å². The molecule has 1 N–H and O–H groups in total. The number of hydrogen-bond donors (Lipinski definition) is 1. The molecule has 1 aliphatic rings. The van der Waals surface area contributed by atoms with E-state index in [1.165, 1.54) is 12.8 Å². The van der Waals surface area contributed by atoms with E-state index in [9.17, 15) is 0 Å². The van der Waals surface area contributed by atoms with Crippen molar-refractivity contribution in [2.45, 2.75) is 45.8 Å². The second-order valence-electron chi connectivity index (χ2n) is 3.18. The van der Waals surface area contributed by atoms with Gasteiger partial charge in [0.25, 0.3) is 0 Å². The van der Waals surface area contributed by atoms with Gasteiger partial charge in [0.2, 0.25) is 0 Å². The summed E-state index contributed by atoms with van der Waals surface area (Å²) in [6, 6.07) is 0. The van der Waals surface area contributed by atoms with Crippen LogP contribution in [0.3, 0.4) is 0 Å². The second-order valence-corrected chi connectivity index (χ2v) is 3.18. The maximum atomic E-state index is 5.45. The lowest BCUT2D eigenvalue weighted by Crippen LogP contribution is -2.31. The van der Waals surface area contributed by atoms with Crippen molar-refractivity contribution in [1.29, 1.82) is 0 Å². The van der Waals surface area contributed by atoms with Crippen molar-refractivity contribution in [2.24, 2.45) is 5.10 Å². The number of nitrogens with zero attached hydrogens (tertiary/aromatic N) is 1. The van der Waals surface area contributed by atoms with Crippen LogP contribution in [-0.2, 0) is 4.74 Å². The Morgan fingerprint density at radius 3 is 3.00 bits per heavy atom. The van der Waals surface area contributed by atoms with Gasteiger partial charge >= 0.3 is 0 Å². The summed E-state index contributed by atoms with van der Waals surface area (Å²) in [7, 11) is 0. The van der Waals surface area contributed by atoms with Crippen LogP contribution in [-0.4, -0.2) is 18.5 Å². The number of rotatable bonds is 3. The van der Waals surface area contributed by atoms with Gasteiger partial charge < -0.3 is 4.74 Å². The van der Waals surface area contributed by atoms with E-state index in [0.29, 0.717) is 0 Å². The van der Waals surface area contributed by atoms with E-state index in [2.05, 4.69) is 17.5 Å². The van der Waals surface area contributed by atoms with Crippen LogP contribution in [0.5, 0.6) is 0 Å². The monoisotopic (exact) mass is 170 g/mol. The molecule has 1 fully saturated rings. The fourth-order valence-corrected chi connectivity index (χ4v) is 1.10. The zero-order chi connectivity index (χ0) is 8.81. The van der Waals surface area contributed by atoms with Gasteiger partial charge in [0.15, 0.2) is 0 Å². The number of hydrazone groups is 1. The molecule has 0 amide bonds. The molecule has 70 valence electrons. The quantitative estimate of drug-likeness (QED) is 0.518. The largest absolute Gasteiger partial charge is 0.357 e. The zero-order valence-electron chi connectivity index (χ0n) is 7.97. The van der Waals surface area contributed by atoms with E-state index in [4.69, 9.17) is 4.74 Å². The maximum absolute atomic E-state index is 5.45. The lowest BCUT2D eigenvalue weighted by Gasteiger charge is -2.22. The highest BCUT2D eigenvalue weighted by atomic mass is 16.5. The lowest BCUT2D eigenvalue weighted by atomic mass is 10.2. The molecule has 1 rings (SSSR count). The molecule has 0 aromatic rings. The third kappa shape index (κ3) is 3.22. The molecule has 1 aliphatic heterocycles. The SMILES string of the molecule is CC/C(C)=N/NC1CCCCO1. The molecule has 0 aromatic heterocycles. The Balaban J connectivity index is 2.21. The van der Waals surface area contributed by atoms with Crippen LogP contribution in [0.15, 0.2) is 5.10 Å². The molecule has 12 heavy (non-hydrogen) atoms. The van der Waals surface area contributed by atoms with Gasteiger partial charge in [-0.25, -0.2) is 0 Å². The minimum atomic E-state index is 0.153. The molecule has 0 spiro atoms. The summed E-state index contributed by atoms with van der Waals surface area (Å²) >= 11 is 0. The van der Waals surface area contributed by atoms with E-state index < -0.39 is 0 Å². The molecule has 0 aromatic carbocycles. The molecular formula is C9H18N2O. The highest BCUT2D eigenvalue weighted by molar-refractivity contribution is 5.81. The van der Waals surface area contributed by atoms with E-state index in [-0.39, 0.29) is 6.23 Å². The fourth-order valence-electron chi connectivity index (χ4n) is 1.10. The normalized spacial score (nSPS) is 25.5. The predicted octanol–water partition coefficient (Wildman–Crippen LogP) is 1.89. The summed E-state index contributed by atoms with van der Waals surface area (Å²) in [5.74, 6) is 0. The summed E-state index contributed by atoms with van der Waals surface area (Å²) in [5.41, 5.74) is 4.17.